The average molecular weight is 229 g/mol. The van der Waals surface area contributed by atoms with Crippen molar-refractivity contribution in [1.82, 2.24) is 0 Å². The highest BCUT2D eigenvalue weighted by Gasteiger charge is 2.19. The fourth-order valence-electron chi connectivity index (χ4n) is 1.65. The van der Waals surface area contributed by atoms with Gasteiger partial charge in [0.15, 0.2) is 0 Å². The number of fused-ring (bicyclic) bond motifs is 1. The summed E-state index contributed by atoms with van der Waals surface area (Å²) in [6, 6.07) is 3.42. The molecule has 82 valence electrons. The molecule has 0 radical (unpaired) electrons. The van der Waals surface area contributed by atoms with Gasteiger partial charge in [-0.25, -0.2) is 4.39 Å². The SMILES string of the molecule is CC1CNc2cc(F)c(Cl)cc2NC1C. The predicted octanol–water partition coefficient (Wildman–Crippen LogP) is 3.34. The van der Waals surface area contributed by atoms with Crippen molar-refractivity contribution in [2.24, 2.45) is 5.92 Å². The highest BCUT2D eigenvalue weighted by atomic mass is 35.5. The van der Waals surface area contributed by atoms with Crippen LogP contribution in [0.2, 0.25) is 5.02 Å². The summed E-state index contributed by atoms with van der Waals surface area (Å²) in [5, 5.41) is 6.70. The maximum absolute atomic E-state index is 13.2. The van der Waals surface area contributed by atoms with Crippen molar-refractivity contribution in [1.29, 1.82) is 0 Å². The van der Waals surface area contributed by atoms with Crippen LogP contribution in [-0.4, -0.2) is 12.6 Å². The smallest absolute Gasteiger partial charge is 0.143 e. The first-order valence-electron chi connectivity index (χ1n) is 5.07. The van der Waals surface area contributed by atoms with Crippen molar-refractivity contribution in [3.05, 3.63) is 23.0 Å². The first-order valence-corrected chi connectivity index (χ1v) is 5.45. The fraction of sp³-hybridized carbons (Fsp3) is 0.455. The molecule has 2 atom stereocenters. The minimum atomic E-state index is -0.382. The molecular weight excluding hydrogens is 215 g/mol. The molecule has 1 aliphatic rings. The predicted molar refractivity (Wildman–Crippen MR) is 62.1 cm³/mol. The van der Waals surface area contributed by atoms with Crippen molar-refractivity contribution in [3.63, 3.8) is 0 Å². The van der Waals surface area contributed by atoms with Crippen LogP contribution in [-0.2, 0) is 0 Å². The Balaban J connectivity index is 2.39. The largest absolute Gasteiger partial charge is 0.383 e. The van der Waals surface area contributed by atoms with Gasteiger partial charge in [-0.05, 0) is 18.9 Å². The number of hydrogen-bond donors (Lipinski definition) is 2. The highest BCUT2D eigenvalue weighted by Crippen LogP contribution is 2.31. The number of rotatable bonds is 0. The number of halogens is 2. The zero-order valence-electron chi connectivity index (χ0n) is 8.77. The summed E-state index contributed by atoms with van der Waals surface area (Å²) in [6.45, 7) is 5.09. The molecule has 0 fully saturated rings. The Morgan fingerprint density at radius 2 is 2.07 bits per heavy atom. The maximum atomic E-state index is 13.2. The van der Waals surface area contributed by atoms with Gasteiger partial charge < -0.3 is 10.6 Å². The third-order valence-electron chi connectivity index (χ3n) is 2.91. The Bertz CT molecular complexity index is 381. The van der Waals surface area contributed by atoms with Gasteiger partial charge in [-0.1, -0.05) is 18.5 Å². The molecular formula is C11H14ClFN2. The first kappa shape index (κ1) is 10.6. The molecule has 15 heavy (non-hydrogen) atoms. The molecule has 2 rings (SSSR count). The molecule has 0 bridgehead atoms. The molecule has 2 nitrogen and oxygen atoms in total. The molecule has 0 amide bonds. The lowest BCUT2D eigenvalue weighted by Crippen LogP contribution is -2.25. The fourth-order valence-corrected chi connectivity index (χ4v) is 1.81. The quantitative estimate of drug-likeness (QED) is 0.712. The van der Waals surface area contributed by atoms with E-state index in [2.05, 4.69) is 24.5 Å². The lowest BCUT2D eigenvalue weighted by atomic mass is 10.0. The Labute approximate surface area is 93.8 Å². The normalized spacial score (nSPS) is 24.8. The van der Waals surface area contributed by atoms with Crippen LogP contribution in [0.5, 0.6) is 0 Å². The molecule has 1 aromatic carbocycles. The minimum absolute atomic E-state index is 0.157. The number of hydrogen-bond acceptors (Lipinski definition) is 2. The van der Waals surface area contributed by atoms with Crippen LogP contribution < -0.4 is 10.6 Å². The van der Waals surface area contributed by atoms with E-state index in [4.69, 9.17) is 11.6 Å². The van der Waals surface area contributed by atoms with E-state index >= 15 is 0 Å². The van der Waals surface area contributed by atoms with E-state index in [-0.39, 0.29) is 10.8 Å². The highest BCUT2D eigenvalue weighted by molar-refractivity contribution is 6.31. The van der Waals surface area contributed by atoms with E-state index in [1.165, 1.54) is 6.07 Å². The zero-order valence-corrected chi connectivity index (χ0v) is 9.53. The Hall–Kier alpha value is -0.960. The van der Waals surface area contributed by atoms with E-state index in [1.807, 2.05) is 0 Å². The second kappa shape index (κ2) is 3.89. The van der Waals surface area contributed by atoms with Crippen LogP contribution in [0.15, 0.2) is 12.1 Å². The molecule has 1 aromatic rings. The van der Waals surface area contributed by atoms with E-state index < -0.39 is 0 Å². The third-order valence-corrected chi connectivity index (χ3v) is 3.20. The second-order valence-electron chi connectivity index (χ2n) is 4.10. The number of benzene rings is 1. The molecule has 4 heteroatoms. The molecule has 1 heterocycles. The van der Waals surface area contributed by atoms with Crippen molar-refractivity contribution in [2.45, 2.75) is 19.9 Å². The Morgan fingerprint density at radius 3 is 2.80 bits per heavy atom. The monoisotopic (exact) mass is 228 g/mol. The van der Waals surface area contributed by atoms with Gasteiger partial charge in [0.05, 0.1) is 16.4 Å². The summed E-state index contributed by atoms with van der Waals surface area (Å²) in [7, 11) is 0. The molecule has 2 N–H and O–H groups in total. The second-order valence-corrected chi connectivity index (χ2v) is 4.51. The van der Waals surface area contributed by atoms with Crippen LogP contribution in [0.4, 0.5) is 15.8 Å². The molecule has 0 spiro atoms. The van der Waals surface area contributed by atoms with Gasteiger partial charge in [-0.15, -0.1) is 0 Å². The summed E-state index contributed by atoms with van der Waals surface area (Å²) in [4.78, 5) is 0. The summed E-state index contributed by atoms with van der Waals surface area (Å²) < 4.78 is 13.2. The van der Waals surface area contributed by atoms with Crippen LogP contribution in [0.3, 0.4) is 0 Å². The molecule has 1 aliphatic heterocycles. The van der Waals surface area contributed by atoms with Crippen molar-refractivity contribution < 1.29 is 4.39 Å². The number of nitrogens with one attached hydrogen (secondary N) is 2. The van der Waals surface area contributed by atoms with Crippen LogP contribution >= 0.6 is 11.6 Å². The Morgan fingerprint density at radius 1 is 1.33 bits per heavy atom. The first-order chi connectivity index (χ1) is 7.08. The summed E-state index contributed by atoms with van der Waals surface area (Å²) in [5.74, 6) is 0.103. The van der Waals surface area contributed by atoms with Gasteiger partial charge in [0, 0.05) is 18.7 Å². The van der Waals surface area contributed by atoms with Gasteiger partial charge in [0.1, 0.15) is 5.82 Å². The van der Waals surface area contributed by atoms with Crippen molar-refractivity contribution >= 4 is 23.0 Å². The van der Waals surface area contributed by atoms with E-state index in [0.717, 1.165) is 17.9 Å². The molecule has 0 saturated heterocycles. The summed E-state index contributed by atoms with van der Waals surface area (Å²) >= 11 is 5.74. The maximum Gasteiger partial charge on any atom is 0.143 e. The average Bonchev–Trinajstić information content (AvgIpc) is 2.31. The van der Waals surface area contributed by atoms with Gasteiger partial charge in [0.2, 0.25) is 0 Å². The number of anilines is 2. The lowest BCUT2D eigenvalue weighted by Gasteiger charge is -2.17. The van der Waals surface area contributed by atoms with Gasteiger partial charge >= 0.3 is 0 Å². The van der Waals surface area contributed by atoms with Crippen molar-refractivity contribution in [3.8, 4) is 0 Å². The van der Waals surface area contributed by atoms with E-state index in [1.54, 1.807) is 6.07 Å². The summed E-state index contributed by atoms with van der Waals surface area (Å²) in [5.41, 5.74) is 1.66. The topological polar surface area (TPSA) is 24.1 Å². The molecule has 0 aliphatic carbocycles. The lowest BCUT2D eigenvalue weighted by molar-refractivity contribution is 0.542. The Kier molecular flexibility index (Phi) is 2.74. The van der Waals surface area contributed by atoms with Crippen molar-refractivity contribution in [2.75, 3.05) is 17.2 Å². The van der Waals surface area contributed by atoms with Crippen LogP contribution in [0.25, 0.3) is 0 Å². The van der Waals surface area contributed by atoms with Crippen LogP contribution in [0.1, 0.15) is 13.8 Å². The molecule has 2 unspecified atom stereocenters. The molecule has 0 aromatic heterocycles. The zero-order chi connectivity index (χ0) is 11.0. The van der Waals surface area contributed by atoms with Gasteiger partial charge in [-0.2, -0.15) is 0 Å². The van der Waals surface area contributed by atoms with Crippen LogP contribution in [0, 0.1) is 11.7 Å². The van der Waals surface area contributed by atoms with E-state index in [0.29, 0.717) is 12.0 Å². The summed E-state index contributed by atoms with van der Waals surface area (Å²) in [6.07, 6.45) is 0. The van der Waals surface area contributed by atoms with Gasteiger partial charge in [-0.3, -0.25) is 0 Å². The van der Waals surface area contributed by atoms with Gasteiger partial charge in [0.25, 0.3) is 0 Å². The molecule has 0 saturated carbocycles. The van der Waals surface area contributed by atoms with E-state index in [9.17, 15) is 4.39 Å². The minimum Gasteiger partial charge on any atom is -0.383 e. The standard InChI is InChI=1S/C11H14ClFN2/c1-6-5-14-10-4-9(13)8(12)3-11(10)15-7(6)2/h3-4,6-7,14-15H,5H2,1-2H3. The third kappa shape index (κ3) is 2.02.